The van der Waals surface area contributed by atoms with Gasteiger partial charge in [-0.05, 0) is 37.5 Å². The molecule has 0 spiro atoms. The number of ether oxygens (including phenoxy) is 1. The molecule has 0 aromatic heterocycles. The molecule has 5 heteroatoms. The summed E-state index contributed by atoms with van der Waals surface area (Å²) in [5, 5.41) is 4.29. The van der Waals surface area contributed by atoms with Crippen LogP contribution in [0.3, 0.4) is 0 Å². The average molecular weight is 575 g/mol. The van der Waals surface area contributed by atoms with Crippen LogP contribution in [0.2, 0.25) is 0 Å². The molecule has 1 fully saturated rings. The fraction of sp³-hybridized carbons (Fsp3) is 0.167. The molecular formula is C36H32O3P2. The van der Waals surface area contributed by atoms with Gasteiger partial charge in [-0.1, -0.05) is 121 Å². The molecule has 0 amide bonds. The third-order valence-corrected chi connectivity index (χ3v) is 15.5. The van der Waals surface area contributed by atoms with Gasteiger partial charge in [0.05, 0.1) is 0 Å². The number of hydrogen-bond donors (Lipinski definition) is 0. The van der Waals surface area contributed by atoms with Crippen LogP contribution < -0.4 is 31.3 Å². The summed E-state index contributed by atoms with van der Waals surface area (Å²) in [7, 11) is -6.02. The van der Waals surface area contributed by atoms with Gasteiger partial charge in [-0.25, -0.2) is 0 Å². The van der Waals surface area contributed by atoms with Crippen molar-refractivity contribution < 1.29 is 13.9 Å². The van der Waals surface area contributed by atoms with E-state index in [1.807, 2.05) is 133 Å². The van der Waals surface area contributed by atoms with Gasteiger partial charge in [-0.3, -0.25) is 0 Å². The van der Waals surface area contributed by atoms with Crippen molar-refractivity contribution in [2.45, 2.75) is 36.9 Å². The molecule has 5 aromatic rings. The van der Waals surface area contributed by atoms with Crippen molar-refractivity contribution in [1.29, 1.82) is 0 Å². The Hall–Kier alpha value is -3.64. The SMILES string of the molecule is O=P(c1ccccc1)(c1ccccc1)c1ccc2c(c1)[C@@H]1CC(P(=O)(c3ccccc3)c3ccccc3)CCC1O2. The van der Waals surface area contributed by atoms with E-state index in [0.29, 0.717) is 0 Å². The lowest BCUT2D eigenvalue weighted by atomic mass is 9.83. The van der Waals surface area contributed by atoms with Crippen LogP contribution in [0.4, 0.5) is 0 Å². The molecule has 3 atom stereocenters. The van der Waals surface area contributed by atoms with Crippen LogP contribution in [-0.2, 0) is 9.13 Å². The lowest BCUT2D eigenvalue weighted by molar-refractivity contribution is 0.165. The summed E-state index contributed by atoms with van der Waals surface area (Å²) < 4.78 is 36.8. The number of hydrogen-bond acceptors (Lipinski definition) is 3. The molecule has 7 rings (SSSR count). The third-order valence-electron chi connectivity index (χ3n) is 8.83. The highest BCUT2D eigenvalue weighted by molar-refractivity contribution is 7.85. The van der Waals surface area contributed by atoms with Gasteiger partial charge in [0.1, 0.15) is 19.0 Å². The first kappa shape index (κ1) is 26.3. The third kappa shape index (κ3) is 4.44. The van der Waals surface area contributed by atoms with Crippen LogP contribution in [0, 0.1) is 0 Å². The average Bonchev–Trinajstić information content (AvgIpc) is 3.43. The first-order valence-electron chi connectivity index (χ1n) is 14.3. The fourth-order valence-corrected chi connectivity index (χ4v) is 12.9. The number of benzene rings is 5. The minimum absolute atomic E-state index is 0.00167. The normalized spacial score (nSPS) is 20.0. The fourth-order valence-electron chi connectivity index (χ4n) is 6.80. The summed E-state index contributed by atoms with van der Waals surface area (Å²) in [6, 6.07) is 45.7. The first-order valence-corrected chi connectivity index (χ1v) is 17.8. The Kier molecular flexibility index (Phi) is 6.82. The second-order valence-electron chi connectivity index (χ2n) is 11.1. The second kappa shape index (κ2) is 10.6. The molecule has 1 aliphatic heterocycles. The Morgan fingerprint density at radius 3 is 1.54 bits per heavy atom. The summed E-state index contributed by atoms with van der Waals surface area (Å²) in [5.74, 6) is 0.968. The van der Waals surface area contributed by atoms with E-state index in [-0.39, 0.29) is 17.7 Å². The molecule has 1 saturated carbocycles. The molecular weight excluding hydrogens is 542 g/mol. The van der Waals surface area contributed by atoms with Crippen molar-refractivity contribution in [1.82, 2.24) is 0 Å². The summed E-state index contributed by atoms with van der Waals surface area (Å²) in [6.07, 6.45) is 2.50. The maximum Gasteiger partial charge on any atom is 0.171 e. The Bertz CT molecular complexity index is 1670. The van der Waals surface area contributed by atoms with Crippen molar-refractivity contribution >= 4 is 40.8 Å². The van der Waals surface area contributed by atoms with Crippen molar-refractivity contribution in [3.8, 4) is 5.75 Å². The lowest BCUT2D eigenvalue weighted by Crippen LogP contribution is -2.35. The summed E-state index contributed by atoms with van der Waals surface area (Å²) in [6.45, 7) is 0. The molecule has 0 radical (unpaired) electrons. The molecule has 0 bridgehead atoms. The van der Waals surface area contributed by atoms with Crippen molar-refractivity contribution in [2.24, 2.45) is 0 Å². The maximum atomic E-state index is 15.2. The molecule has 5 aromatic carbocycles. The standard InChI is InChI=1S/C36H32O3P2/c37-40(27-13-5-1-6-14-27,28-15-7-2-8-16-28)31-21-23-35-33(25-31)34-26-32(22-24-36(34)39-35)41(38,29-17-9-3-10-18-29)30-19-11-4-12-20-30/h1-21,23,25,32,34,36H,22,24,26H2/t32?,34-,36?/m0/s1. The van der Waals surface area contributed by atoms with E-state index in [2.05, 4.69) is 6.07 Å². The molecule has 3 nitrogen and oxygen atoms in total. The molecule has 0 saturated heterocycles. The maximum absolute atomic E-state index is 15.2. The second-order valence-corrected chi connectivity index (χ2v) is 16.9. The van der Waals surface area contributed by atoms with Crippen LogP contribution in [-0.4, -0.2) is 11.8 Å². The predicted molar refractivity (Wildman–Crippen MR) is 170 cm³/mol. The molecule has 0 N–H and O–H groups in total. The summed E-state index contributed by atoms with van der Waals surface area (Å²) in [4.78, 5) is 0. The van der Waals surface area contributed by atoms with E-state index in [1.54, 1.807) is 0 Å². The first-order chi connectivity index (χ1) is 20.1. The van der Waals surface area contributed by atoms with Crippen LogP contribution in [0.5, 0.6) is 5.75 Å². The monoisotopic (exact) mass is 574 g/mol. The topological polar surface area (TPSA) is 43.4 Å². The zero-order valence-electron chi connectivity index (χ0n) is 22.8. The Morgan fingerprint density at radius 2 is 1.02 bits per heavy atom. The van der Waals surface area contributed by atoms with Gasteiger partial charge in [0, 0.05) is 43.7 Å². The number of rotatable bonds is 6. The van der Waals surface area contributed by atoms with E-state index < -0.39 is 14.3 Å². The molecule has 1 heterocycles. The van der Waals surface area contributed by atoms with Gasteiger partial charge < -0.3 is 13.9 Å². The largest absolute Gasteiger partial charge is 0.489 e. The molecule has 2 aliphatic rings. The molecule has 2 unspecified atom stereocenters. The smallest absolute Gasteiger partial charge is 0.171 e. The minimum Gasteiger partial charge on any atom is -0.489 e. The Labute approximate surface area is 242 Å². The van der Waals surface area contributed by atoms with Crippen LogP contribution in [0.15, 0.2) is 140 Å². The van der Waals surface area contributed by atoms with Crippen molar-refractivity contribution in [3.63, 3.8) is 0 Å². The highest BCUT2D eigenvalue weighted by Gasteiger charge is 2.47. The van der Waals surface area contributed by atoms with Gasteiger partial charge in [0.25, 0.3) is 0 Å². The van der Waals surface area contributed by atoms with Gasteiger partial charge in [-0.15, -0.1) is 0 Å². The van der Waals surface area contributed by atoms with Gasteiger partial charge in [0.15, 0.2) is 7.14 Å². The van der Waals surface area contributed by atoms with E-state index in [1.165, 1.54) is 0 Å². The van der Waals surface area contributed by atoms with Crippen LogP contribution >= 0.6 is 14.3 Å². The number of fused-ring (bicyclic) bond motifs is 3. The Morgan fingerprint density at radius 1 is 0.537 bits per heavy atom. The van der Waals surface area contributed by atoms with E-state index >= 15 is 9.13 Å². The zero-order chi connectivity index (χ0) is 27.9. The summed E-state index contributed by atoms with van der Waals surface area (Å²) in [5.41, 5.74) is 1.10. The van der Waals surface area contributed by atoms with Gasteiger partial charge >= 0.3 is 0 Å². The van der Waals surface area contributed by atoms with Crippen LogP contribution in [0.1, 0.15) is 30.7 Å². The quantitative estimate of drug-likeness (QED) is 0.211. The van der Waals surface area contributed by atoms with Crippen molar-refractivity contribution in [2.75, 3.05) is 0 Å². The van der Waals surface area contributed by atoms with E-state index in [0.717, 1.165) is 57.1 Å². The summed E-state index contributed by atoms with van der Waals surface area (Å²) >= 11 is 0. The lowest BCUT2D eigenvalue weighted by Gasteiger charge is -2.36. The molecule has 204 valence electrons. The minimum atomic E-state index is -3.11. The zero-order valence-corrected chi connectivity index (χ0v) is 24.5. The van der Waals surface area contributed by atoms with Gasteiger partial charge in [0.2, 0.25) is 0 Å². The van der Waals surface area contributed by atoms with E-state index in [9.17, 15) is 0 Å². The van der Waals surface area contributed by atoms with Crippen LogP contribution in [0.25, 0.3) is 0 Å². The van der Waals surface area contributed by atoms with Gasteiger partial charge in [-0.2, -0.15) is 0 Å². The highest BCUT2D eigenvalue weighted by atomic mass is 31.2. The predicted octanol–water partition coefficient (Wildman–Crippen LogP) is 6.74. The molecule has 41 heavy (non-hydrogen) atoms. The Balaban J connectivity index is 1.31. The van der Waals surface area contributed by atoms with E-state index in [4.69, 9.17) is 4.74 Å². The highest BCUT2D eigenvalue weighted by Crippen LogP contribution is 2.58. The van der Waals surface area contributed by atoms with Crippen molar-refractivity contribution in [3.05, 3.63) is 145 Å². The molecule has 1 aliphatic carbocycles.